The minimum Gasteiger partial charge on any atom is -0.465 e. The molecule has 0 aliphatic heterocycles. The molecule has 1 heterocycles. The van der Waals surface area contributed by atoms with Crippen molar-refractivity contribution < 1.29 is 14.3 Å². The summed E-state index contributed by atoms with van der Waals surface area (Å²) < 4.78 is 6.40. The van der Waals surface area contributed by atoms with Gasteiger partial charge in [-0.05, 0) is 12.0 Å². The summed E-state index contributed by atoms with van der Waals surface area (Å²) in [6, 6.07) is 1.56. The van der Waals surface area contributed by atoms with Crippen LogP contribution in [0.3, 0.4) is 0 Å². The number of esters is 1. The Hall–Kier alpha value is -1.58. The average molecular weight is 209 g/mol. The summed E-state index contributed by atoms with van der Waals surface area (Å²) in [4.78, 5) is 22.2. The van der Waals surface area contributed by atoms with Crippen LogP contribution in [0.15, 0.2) is 6.07 Å². The summed E-state index contributed by atoms with van der Waals surface area (Å²) in [5.74, 6) is -0.236. The zero-order chi connectivity index (χ0) is 11.6. The summed E-state index contributed by atoms with van der Waals surface area (Å²) in [6.07, 6.45) is 0.734. The maximum Gasteiger partial charge on any atom is 0.339 e. The molecule has 4 heteroatoms. The Morgan fingerprint density at radius 1 is 1.53 bits per heavy atom. The first kappa shape index (κ1) is 11.5. The highest BCUT2D eigenvalue weighted by atomic mass is 16.5. The first-order valence-corrected chi connectivity index (χ1v) is 4.76. The van der Waals surface area contributed by atoms with Gasteiger partial charge in [-0.1, -0.05) is 13.8 Å². The van der Waals surface area contributed by atoms with Crippen molar-refractivity contribution in [2.24, 2.45) is 7.05 Å². The van der Waals surface area contributed by atoms with Crippen LogP contribution >= 0.6 is 0 Å². The predicted molar refractivity (Wildman–Crippen MR) is 56.2 cm³/mol. The molecule has 0 unspecified atom stereocenters. The molecule has 0 saturated carbocycles. The van der Waals surface area contributed by atoms with Gasteiger partial charge in [0.25, 0.3) is 0 Å². The molecule has 0 aliphatic carbocycles. The first-order valence-electron chi connectivity index (χ1n) is 4.76. The van der Waals surface area contributed by atoms with Crippen molar-refractivity contribution in [3.05, 3.63) is 23.0 Å². The molecule has 4 nitrogen and oxygen atoms in total. The quantitative estimate of drug-likeness (QED) is 0.563. The molecule has 82 valence electrons. The van der Waals surface area contributed by atoms with Crippen LogP contribution in [-0.2, 0) is 11.8 Å². The van der Waals surface area contributed by atoms with E-state index in [4.69, 9.17) is 0 Å². The van der Waals surface area contributed by atoms with Crippen LogP contribution in [0.2, 0.25) is 0 Å². The zero-order valence-electron chi connectivity index (χ0n) is 9.40. The maximum absolute atomic E-state index is 11.5. The molecule has 0 saturated heterocycles. The first-order chi connectivity index (χ1) is 7.02. The van der Waals surface area contributed by atoms with Gasteiger partial charge in [0, 0.05) is 12.7 Å². The van der Waals surface area contributed by atoms with Crippen LogP contribution < -0.4 is 0 Å². The van der Waals surface area contributed by atoms with Crippen molar-refractivity contribution >= 4 is 12.3 Å². The number of aromatic nitrogens is 1. The number of nitrogens with zero attached hydrogens (tertiary/aromatic N) is 1. The van der Waals surface area contributed by atoms with Crippen molar-refractivity contribution in [2.45, 2.75) is 19.8 Å². The second-order valence-corrected chi connectivity index (χ2v) is 3.69. The van der Waals surface area contributed by atoms with E-state index in [-0.39, 0.29) is 5.92 Å². The third-order valence-electron chi connectivity index (χ3n) is 2.39. The maximum atomic E-state index is 11.5. The van der Waals surface area contributed by atoms with Gasteiger partial charge < -0.3 is 9.30 Å². The third-order valence-corrected chi connectivity index (χ3v) is 2.39. The van der Waals surface area contributed by atoms with Crippen LogP contribution in [0, 0.1) is 0 Å². The molecule has 0 atom stereocenters. The molecule has 0 aromatic carbocycles. The Morgan fingerprint density at radius 2 is 2.13 bits per heavy atom. The minimum atomic E-state index is -0.401. The SMILES string of the molecule is COC(=O)c1cc(C=O)n(C)c1C(C)C. The standard InChI is InChI=1S/C11H15NO3/c1-7(2)10-9(11(14)15-4)5-8(6-13)12(10)3/h5-7H,1-4H3. The highest BCUT2D eigenvalue weighted by Gasteiger charge is 2.20. The highest BCUT2D eigenvalue weighted by Crippen LogP contribution is 2.23. The van der Waals surface area contributed by atoms with Crippen molar-refractivity contribution in [1.29, 1.82) is 0 Å². The van der Waals surface area contributed by atoms with Gasteiger partial charge in [-0.3, -0.25) is 4.79 Å². The third kappa shape index (κ3) is 1.93. The van der Waals surface area contributed by atoms with Crippen LogP contribution in [0.5, 0.6) is 0 Å². The van der Waals surface area contributed by atoms with Gasteiger partial charge in [-0.15, -0.1) is 0 Å². The Kier molecular flexibility index (Phi) is 3.29. The highest BCUT2D eigenvalue weighted by molar-refractivity contribution is 5.93. The molecule has 0 spiro atoms. The molecule has 0 fully saturated rings. The Bertz CT molecular complexity index is 391. The van der Waals surface area contributed by atoms with Crippen molar-refractivity contribution in [3.63, 3.8) is 0 Å². The second kappa shape index (κ2) is 4.29. The van der Waals surface area contributed by atoms with Crippen molar-refractivity contribution in [2.75, 3.05) is 7.11 Å². The van der Waals surface area contributed by atoms with Crippen LogP contribution in [0.25, 0.3) is 0 Å². The van der Waals surface area contributed by atoms with Crippen molar-refractivity contribution in [3.8, 4) is 0 Å². The molecule has 15 heavy (non-hydrogen) atoms. The molecule has 0 N–H and O–H groups in total. The zero-order valence-corrected chi connectivity index (χ0v) is 9.40. The largest absolute Gasteiger partial charge is 0.465 e. The van der Waals surface area contributed by atoms with Gasteiger partial charge in [0.1, 0.15) is 0 Å². The van der Waals surface area contributed by atoms with E-state index in [9.17, 15) is 9.59 Å². The Morgan fingerprint density at radius 3 is 2.53 bits per heavy atom. The second-order valence-electron chi connectivity index (χ2n) is 3.69. The number of ether oxygens (including phenoxy) is 1. The lowest BCUT2D eigenvalue weighted by atomic mass is 10.1. The molecule has 1 aromatic rings. The fraction of sp³-hybridized carbons (Fsp3) is 0.455. The lowest BCUT2D eigenvalue weighted by Crippen LogP contribution is -2.08. The van der Waals surface area contributed by atoms with Gasteiger partial charge in [0.05, 0.1) is 18.4 Å². The Balaban J connectivity index is 3.37. The van der Waals surface area contributed by atoms with Crippen molar-refractivity contribution in [1.82, 2.24) is 4.57 Å². The van der Waals surface area contributed by atoms with Gasteiger partial charge >= 0.3 is 5.97 Å². The van der Waals surface area contributed by atoms with E-state index in [1.807, 2.05) is 13.8 Å². The molecule has 0 radical (unpaired) electrons. The van der Waals surface area contributed by atoms with Crippen LogP contribution in [-0.4, -0.2) is 23.9 Å². The fourth-order valence-electron chi connectivity index (χ4n) is 1.72. The smallest absolute Gasteiger partial charge is 0.339 e. The van der Waals surface area contributed by atoms with Crippen LogP contribution in [0.1, 0.15) is 46.3 Å². The minimum absolute atomic E-state index is 0.165. The topological polar surface area (TPSA) is 48.3 Å². The van der Waals surface area contributed by atoms with E-state index in [0.29, 0.717) is 11.3 Å². The fourth-order valence-corrected chi connectivity index (χ4v) is 1.72. The summed E-state index contributed by atoms with van der Waals surface area (Å²) >= 11 is 0. The number of rotatable bonds is 3. The number of hydrogen-bond acceptors (Lipinski definition) is 3. The summed E-state index contributed by atoms with van der Waals surface area (Å²) in [5, 5.41) is 0. The van der Waals surface area contributed by atoms with Gasteiger partial charge in [0.15, 0.2) is 6.29 Å². The molecule has 0 bridgehead atoms. The normalized spacial score (nSPS) is 10.5. The van der Waals surface area contributed by atoms with Gasteiger partial charge in [0.2, 0.25) is 0 Å². The molecule has 0 aliphatic rings. The summed E-state index contributed by atoms with van der Waals surface area (Å²) in [7, 11) is 3.10. The molecule has 0 amide bonds. The Labute approximate surface area is 88.8 Å². The number of hydrogen-bond donors (Lipinski definition) is 0. The van der Waals surface area contributed by atoms with E-state index in [2.05, 4.69) is 4.74 Å². The number of carbonyl (C=O) groups excluding carboxylic acids is 2. The van der Waals surface area contributed by atoms with Gasteiger partial charge in [-0.25, -0.2) is 4.79 Å². The predicted octanol–water partition coefficient (Wildman–Crippen LogP) is 1.75. The molecular weight excluding hydrogens is 194 g/mol. The van der Waals surface area contributed by atoms with E-state index in [0.717, 1.165) is 12.0 Å². The molecule has 1 aromatic heterocycles. The lowest BCUT2D eigenvalue weighted by molar-refractivity contribution is 0.0599. The van der Waals surface area contributed by atoms with E-state index < -0.39 is 5.97 Å². The summed E-state index contributed by atoms with van der Waals surface area (Å²) in [6.45, 7) is 3.94. The number of aldehydes is 1. The molecule has 1 rings (SSSR count). The van der Waals surface area contributed by atoms with E-state index >= 15 is 0 Å². The number of carbonyl (C=O) groups is 2. The monoisotopic (exact) mass is 209 g/mol. The van der Waals surface area contributed by atoms with Crippen LogP contribution in [0.4, 0.5) is 0 Å². The van der Waals surface area contributed by atoms with E-state index in [1.54, 1.807) is 17.7 Å². The lowest BCUT2D eigenvalue weighted by Gasteiger charge is -2.10. The van der Waals surface area contributed by atoms with E-state index in [1.165, 1.54) is 7.11 Å². The summed E-state index contributed by atoms with van der Waals surface area (Å²) in [5.41, 5.74) is 1.78. The average Bonchev–Trinajstić information content (AvgIpc) is 2.54. The number of methoxy groups -OCH3 is 1. The van der Waals surface area contributed by atoms with Gasteiger partial charge in [-0.2, -0.15) is 0 Å². The molecular formula is C11H15NO3.